The van der Waals surface area contributed by atoms with Crippen LogP contribution in [0.5, 0.6) is 5.88 Å². The van der Waals surface area contributed by atoms with Gasteiger partial charge in [0.1, 0.15) is 0 Å². The molecule has 0 aliphatic carbocycles. The van der Waals surface area contributed by atoms with Gasteiger partial charge in [-0.2, -0.15) is 0 Å². The van der Waals surface area contributed by atoms with Gasteiger partial charge in [0.05, 0.1) is 0 Å². The molecule has 0 spiro atoms. The molecule has 3 heteroatoms. The van der Waals surface area contributed by atoms with Crippen molar-refractivity contribution in [3.05, 3.63) is 23.9 Å². The Kier molecular flexibility index (Phi) is 1.63. The Bertz CT molecular complexity index is 185. The van der Waals surface area contributed by atoms with Gasteiger partial charge in [-0.3, -0.25) is 4.94 Å². The third-order valence-electron chi connectivity index (χ3n) is 0.963. The molecule has 0 aliphatic heterocycles. The molecule has 0 fully saturated rings. The second kappa shape index (κ2) is 2.44. The van der Waals surface area contributed by atoms with Crippen LogP contribution in [0.4, 0.5) is 4.53 Å². The van der Waals surface area contributed by atoms with Crippen molar-refractivity contribution in [2.75, 3.05) is 0 Å². The Morgan fingerprint density at radius 2 is 2.33 bits per heavy atom. The normalized spacial score (nSPS) is 9.11. The molecule has 48 valence electrons. The highest BCUT2D eigenvalue weighted by molar-refractivity contribution is 5.15. The predicted octanol–water partition coefficient (Wildman–Crippen LogP) is 1.65. The molecule has 0 amide bonds. The van der Waals surface area contributed by atoms with Crippen molar-refractivity contribution in [2.45, 2.75) is 6.92 Å². The largest absolute Gasteiger partial charge is 0.274 e. The minimum Gasteiger partial charge on any atom is -0.274 e. The van der Waals surface area contributed by atoms with Crippen LogP contribution in [-0.4, -0.2) is 4.98 Å². The highest BCUT2D eigenvalue weighted by Gasteiger charge is 1.90. The smallest absolute Gasteiger partial charge is 0.262 e. The average Bonchev–Trinajstić information content (AvgIpc) is 1.90. The van der Waals surface area contributed by atoms with E-state index in [2.05, 4.69) is 9.93 Å². The first-order chi connectivity index (χ1) is 4.33. The topological polar surface area (TPSA) is 22.1 Å². The maximum absolute atomic E-state index is 11.3. The van der Waals surface area contributed by atoms with E-state index < -0.39 is 0 Å². The van der Waals surface area contributed by atoms with E-state index in [0.717, 1.165) is 5.56 Å². The van der Waals surface area contributed by atoms with Gasteiger partial charge < -0.3 is 0 Å². The van der Waals surface area contributed by atoms with Crippen molar-refractivity contribution in [3.63, 3.8) is 0 Å². The van der Waals surface area contributed by atoms with E-state index >= 15 is 0 Å². The SMILES string of the molecule is Cc1ccc(OF)nc1. The predicted molar refractivity (Wildman–Crippen MR) is 30.7 cm³/mol. The highest BCUT2D eigenvalue weighted by atomic mass is 19.3. The molecule has 1 rings (SSSR count). The lowest BCUT2D eigenvalue weighted by atomic mass is 10.3. The van der Waals surface area contributed by atoms with Gasteiger partial charge in [0.25, 0.3) is 5.88 Å². The molecule has 0 N–H and O–H groups in total. The molecule has 0 saturated carbocycles. The van der Waals surface area contributed by atoms with E-state index in [1.165, 1.54) is 12.3 Å². The molecule has 1 aromatic heterocycles. The number of nitrogens with zero attached hydrogens (tertiary/aromatic N) is 1. The van der Waals surface area contributed by atoms with E-state index in [9.17, 15) is 4.53 Å². The molecule has 0 aliphatic rings. The fourth-order valence-electron chi connectivity index (χ4n) is 0.500. The summed E-state index contributed by atoms with van der Waals surface area (Å²) in [7, 11) is 0. The molecule has 1 aromatic rings. The molecule has 1 heterocycles. The number of hydrogen-bond acceptors (Lipinski definition) is 2. The minimum atomic E-state index is 0.000556. The van der Waals surface area contributed by atoms with Gasteiger partial charge in [0.2, 0.25) is 0 Å². The van der Waals surface area contributed by atoms with E-state index in [1.807, 2.05) is 6.92 Å². The lowest BCUT2D eigenvalue weighted by Gasteiger charge is -1.90. The van der Waals surface area contributed by atoms with Crippen LogP contribution >= 0.6 is 0 Å². The Hall–Kier alpha value is -1.12. The summed E-state index contributed by atoms with van der Waals surface area (Å²) in [6, 6.07) is 3.19. The van der Waals surface area contributed by atoms with Crippen LogP contribution in [0.15, 0.2) is 18.3 Å². The van der Waals surface area contributed by atoms with Gasteiger partial charge >= 0.3 is 0 Å². The number of hydrogen-bond donors (Lipinski definition) is 0. The Balaban J connectivity index is 2.88. The van der Waals surface area contributed by atoms with Gasteiger partial charge in [-0.15, -0.1) is 0 Å². The van der Waals surface area contributed by atoms with Crippen LogP contribution < -0.4 is 4.94 Å². The molecule has 2 nitrogen and oxygen atoms in total. The molecule has 0 aromatic carbocycles. The number of halogens is 1. The summed E-state index contributed by atoms with van der Waals surface area (Å²) < 4.78 is 11.3. The van der Waals surface area contributed by atoms with E-state index in [0.29, 0.717) is 0 Å². The molecule has 9 heavy (non-hydrogen) atoms. The summed E-state index contributed by atoms with van der Waals surface area (Å²) in [5, 5.41) is 0. The first kappa shape index (κ1) is 6.01. The number of aryl methyl sites for hydroxylation is 1. The maximum Gasteiger partial charge on any atom is 0.262 e. The Morgan fingerprint density at radius 1 is 1.56 bits per heavy atom. The second-order valence-electron chi connectivity index (χ2n) is 1.75. The molecule has 0 unspecified atom stereocenters. The van der Waals surface area contributed by atoms with Gasteiger partial charge in [0, 0.05) is 16.8 Å². The first-order valence-electron chi connectivity index (χ1n) is 2.54. The Morgan fingerprint density at radius 3 is 2.78 bits per heavy atom. The van der Waals surface area contributed by atoms with Gasteiger partial charge in [0.15, 0.2) is 0 Å². The standard InChI is InChI=1S/C6H6FNO/c1-5-2-3-6(9-7)8-4-5/h2-4H,1H3. The summed E-state index contributed by atoms with van der Waals surface area (Å²) in [5.74, 6) is 0.000556. The van der Waals surface area contributed by atoms with Crippen LogP contribution in [0, 0.1) is 6.92 Å². The van der Waals surface area contributed by atoms with Crippen molar-refractivity contribution in [1.82, 2.24) is 4.98 Å². The van der Waals surface area contributed by atoms with Gasteiger partial charge in [-0.1, -0.05) is 6.07 Å². The summed E-state index contributed by atoms with van der Waals surface area (Å²) in [6.45, 7) is 1.87. The zero-order valence-electron chi connectivity index (χ0n) is 4.97. The maximum atomic E-state index is 11.3. The lowest BCUT2D eigenvalue weighted by molar-refractivity contribution is -0.0118. The molecular formula is C6H6FNO. The third kappa shape index (κ3) is 1.38. The Labute approximate surface area is 52.2 Å². The van der Waals surface area contributed by atoms with Crippen molar-refractivity contribution < 1.29 is 9.47 Å². The van der Waals surface area contributed by atoms with Crippen molar-refractivity contribution in [1.29, 1.82) is 0 Å². The summed E-state index contributed by atoms with van der Waals surface area (Å²) >= 11 is 0. The number of pyridine rings is 1. The second-order valence-corrected chi connectivity index (χ2v) is 1.75. The van der Waals surface area contributed by atoms with Crippen LogP contribution in [-0.2, 0) is 0 Å². The molecule has 0 bridgehead atoms. The monoisotopic (exact) mass is 127 g/mol. The summed E-state index contributed by atoms with van der Waals surface area (Å²) in [6.07, 6.45) is 1.54. The van der Waals surface area contributed by atoms with Crippen molar-refractivity contribution >= 4 is 0 Å². The van der Waals surface area contributed by atoms with Crippen molar-refractivity contribution in [3.8, 4) is 5.88 Å². The summed E-state index contributed by atoms with van der Waals surface area (Å²) in [4.78, 5) is 6.96. The van der Waals surface area contributed by atoms with E-state index in [1.54, 1.807) is 6.07 Å². The zero-order valence-corrected chi connectivity index (χ0v) is 4.97. The quantitative estimate of drug-likeness (QED) is 0.572. The van der Waals surface area contributed by atoms with E-state index in [4.69, 9.17) is 0 Å². The lowest BCUT2D eigenvalue weighted by Crippen LogP contribution is -1.81. The number of aromatic nitrogens is 1. The van der Waals surface area contributed by atoms with Gasteiger partial charge in [-0.25, -0.2) is 4.98 Å². The van der Waals surface area contributed by atoms with E-state index in [-0.39, 0.29) is 5.88 Å². The first-order valence-corrected chi connectivity index (χ1v) is 2.54. The number of rotatable bonds is 1. The van der Waals surface area contributed by atoms with Crippen molar-refractivity contribution in [2.24, 2.45) is 0 Å². The highest BCUT2D eigenvalue weighted by Crippen LogP contribution is 2.05. The third-order valence-corrected chi connectivity index (χ3v) is 0.963. The zero-order chi connectivity index (χ0) is 6.69. The van der Waals surface area contributed by atoms with Crippen LogP contribution in [0.2, 0.25) is 0 Å². The van der Waals surface area contributed by atoms with Crippen LogP contribution in [0.25, 0.3) is 0 Å². The minimum absolute atomic E-state index is 0.000556. The fraction of sp³-hybridized carbons (Fsp3) is 0.167. The molecule has 0 saturated heterocycles. The molecule has 0 atom stereocenters. The van der Waals surface area contributed by atoms with Crippen LogP contribution in [0.3, 0.4) is 0 Å². The van der Waals surface area contributed by atoms with Gasteiger partial charge in [-0.05, 0) is 12.5 Å². The van der Waals surface area contributed by atoms with Crippen LogP contribution in [0.1, 0.15) is 5.56 Å². The summed E-state index contributed by atoms with van der Waals surface area (Å²) in [5.41, 5.74) is 0.982. The fourth-order valence-corrected chi connectivity index (χ4v) is 0.500. The molecule has 0 radical (unpaired) electrons. The average molecular weight is 127 g/mol. The molecular weight excluding hydrogens is 121 g/mol.